The van der Waals surface area contributed by atoms with Crippen molar-refractivity contribution in [1.29, 1.82) is 0 Å². The second kappa shape index (κ2) is 16.9. The molecule has 7 rings (SSSR count). The average molecular weight is 876 g/mol. The molecule has 1 spiro atoms. The van der Waals surface area contributed by atoms with E-state index in [1.807, 2.05) is 37.3 Å². The minimum Gasteiger partial charge on any atom is -0.485 e. The maximum Gasteiger partial charge on any atom is 0.416 e. The molecule has 62 heavy (non-hydrogen) atoms. The van der Waals surface area contributed by atoms with Crippen molar-refractivity contribution in [2.24, 2.45) is 0 Å². The summed E-state index contributed by atoms with van der Waals surface area (Å²) in [6.07, 6.45) is -2.73. The molecule has 4 heterocycles. The van der Waals surface area contributed by atoms with Gasteiger partial charge in [-0.3, -0.25) is 14.4 Å². The summed E-state index contributed by atoms with van der Waals surface area (Å²) in [5.41, 5.74) is -0.229. The van der Waals surface area contributed by atoms with Crippen molar-refractivity contribution in [2.75, 3.05) is 25.0 Å². The third-order valence-electron chi connectivity index (χ3n) is 10.9. The molecule has 1 saturated heterocycles. The maximum atomic E-state index is 14.7. The number of hydrogen-bond donors (Lipinski definition) is 2. The number of aryl methyl sites for hydroxylation is 1. The van der Waals surface area contributed by atoms with Crippen molar-refractivity contribution in [2.45, 2.75) is 90.1 Å². The van der Waals surface area contributed by atoms with Gasteiger partial charge in [0, 0.05) is 41.9 Å². The number of nitrogens with zero attached hydrogens (tertiary/aromatic N) is 7. The number of alkyl halides is 3. The van der Waals surface area contributed by atoms with Gasteiger partial charge in [-0.15, -0.1) is 5.10 Å². The summed E-state index contributed by atoms with van der Waals surface area (Å²) in [5.74, 6) is -0.970. The largest absolute Gasteiger partial charge is 0.485 e. The first kappa shape index (κ1) is 43.8. The van der Waals surface area contributed by atoms with Gasteiger partial charge in [0.1, 0.15) is 25.1 Å². The van der Waals surface area contributed by atoms with Crippen molar-refractivity contribution in [3.63, 3.8) is 0 Å². The van der Waals surface area contributed by atoms with Crippen LogP contribution in [0.4, 0.5) is 23.7 Å². The van der Waals surface area contributed by atoms with E-state index in [1.165, 1.54) is 6.33 Å². The fourth-order valence-electron chi connectivity index (χ4n) is 8.13. The number of nitrogens with one attached hydrogen (secondary N) is 2. The molecule has 0 radical (unpaired) electrons. The number of piperidine rings is 1. The van der Waals surface area contributed by atoms with Crippen molar-refractivity contribution >= 4 is 46.5 Å². The van der Waals surface area contributed by atoms with Crippen LogP contribution < -0.4 is 20.9 Å². The Hall–Kier alpha value is -6.30. The molecule has 1 fully saturated rings. The van der Waals surface area contributed by atoms with E-state index < -0.39 is 46.9 Å². The number of halogens is 4. The van der Waals surface area contributed by atoms with Crippen LogP contribution in [-0.2, 0) is 34.3 Å². The smallest absolute Gasteiger partial charge is 0.416 e. The van der Waals surface area contributed by atoms with E-state index in [-0.39, 0.29) is 77.4 Å². The Morgan fingerprint density at radius 3 is 2.42 bits per heavy atom. The predicted octanol–water partition coefficient (Wildman–Crippen LogP) is 7.10. The lowest BCUT2D eigenvalue weighted by Crippen LogP contribution is -2.47. The van der Waals surface area contributed by atoms with Crippen molar-refractivity contribution in [3.05, 3.63) is 116 Å². The highest BCUT2D eigenvalue weighted by Gasteiger charge is 2.49. The van der Waals surface area contributed by atoms with E-state index in [4.69, 9.17) is 21.1 Å². The molecule has 0 saturated carbocycles. The van der Waals surface area contributed by atoms with Crippen LogP contribution in [0.15, 0.2) is 66.2 Å². The van der Waals surface area contributed by atoms with Crippen LogP contribution in [0.2, 0.25) is 5.02 Å². The molecule has 326 valence electrons. The molecule has 2 aliphatic rings. The van der Waals surface area contributed by atoms with E-state index in [1.54, 1.807) is 37.2 Å². The first-order chi connectivity index (χ1) is 29.2. The molecule has 1 aliphatic heterocycles. The molecule has 3 aromatic heterocycles. The number of carbonyl (C=O) groups excluding carboxylic acids is 3. The SMILES string of the molecule is C=C(CNC(=O)OC(C)(C)C)c1nc2n(CC(=O)Nc3ccc(C(F)(F)F)cc3Cl)c3c(c(=O)n2n1)C1(CCN(C(=O)c2ncnc(C)c2OCc2ccccc2)CC1)CC3C. The van der Waals surface area contributed by atoms with E-state index in [2.05, 4.69) is 37.3 Å². The van der Waals surface area contributed by atoms with Crippen LogP contribution >= 0.6 is 11.6 Å². The van der Waals surface area contributed by atoms with Crippen molar-refractivity contribution in [3.8, 4) is 5.75 Å². The Balaban J connectivity index is 1.20. The molecule has 19 heteroatoms. The first-order valence-electron chi connectivity index (χ1n) is 19.9. The van der Waals surface area contributed by atoms with Gasteiger partial charge in [-0.25, -0.2) is 14.8 Å². The van der Waals surface area contributed by atoms with Gasteiger partial charge < -0.3 is 29.6 Å². The molecule has 3 amide bonds. The third kappa shape index (κ3) is 9.00. The number of alkyl carbamates (subject to hydrolysis) is 1. The fourth-order valence-corrected chi connectivity index (χ4v) is 8.36. The predicted molar refractivity (Wildman–Crippen MR) is 223 cm³/mol. The number of fused-ring (bicyclic) bond motifs is 3. The van der Waals surface area contributed by atoms with Gasteiger partial charge >= 0.3 is 12.3 Å². The van der Waals surface area contributed by atoms with Gasteiger partial charge in [0.2, 0.25) is 11.7 Å². The number of ether oxygens (including phenoxy) is 2. The van der Waals surface area contributed by atoms with Gasteiger partial charge in [0.25, 0.3) is 11.5 Å². The van der Waals surface area contributed by atoms with Gasteiger partial charge in [-0.1, -0.05) is 55.4 Å². The van der Waals surface area contributed by atoms with Gasteiger partial charge in [-0.05, 0) is 76.6 Å². The van der Waals surface area contributed by atoms with E-state index in [0.29, 0.717) is 36.2 Å². The lowest BCUT2D eigenvalue weighted by Gasteiger charge is -2.39. The van der Waals surface area contributed by atoms with Crippen molar-refractivity contribution in [1.82, 2.24) is 39.3 Å². The van der Waals surface area contributed by atoms with Crippen LogP contribution in [0.3, 0.4) is 0 Å². The molecule has 5 aromatic rings. The van der Waals surface area contributed by atoms with Crippen molar-refractivity contribution < 1.29 is 37.0 Å². The second-order valence-electron chi connectivity index (χ2n) is 16.6. The number of amides is 3. The number of aromatic nitrogens is 6. The standard InChI is InChI=1S/C43H45ClF3N9O6/c1-24-19-42(14-16-54(17-15-42)38(59)33-35(26(3)49-23-50-33)61-22-27-10-8-7-9-11-27)32-34(24)55(21-31(57)51-30-13-12-28(18-29(30)44)43(45,46)47)39-52-36(53-56(39)37(32)58)25(2)20-48-40(60)62-41(4,5)6/h7-13,18,23-24H,2,14-17,19-22H2,1,3-6H3,(H,48,60)(H,51,57). The summed E-state index contributed by atoms with van der Waals surface area (Å²) < 4.78 is 54.2. The highest BCUT2D eigenvalue weighted by molar-refractivity contribution is 6.33. The van der Waals surface area contributed by atoms with Crippen LogP contribution in [0.25, 0.3) is 11.4 Å². The number of carbonyl (C=O) groups is 3. The van der Waals surface area contributed by atoms with E-state index >= 15 is 0 Å². The third-order valence-corrected chi connectivity index (χ3v) is 11.2. The molecule has 1 atom stereocenters. The average Bonchev–Trinajstić information content (AvgIpc) is 3.78. The molecule has 2 aromatic carbocycles. The number of hydrogen-bond acceptors (Lipinski definition) is 10. The second-order valence-corrected chi connectivity index (χ2v) is 17.0. The number of anilines is 1. The number of likely N-dealkylation sites (tertiary alicyclic amines) is 1. The van der Waals surface area contributed by atoms with E-state index in [9.17, 15) is 32.3 Å². The summed E-state index contributed by atoms with van der Waals surface area (Å²) in [6, 6.07) is 12.1. The van der Waals surface area contributed by atoms with Gasteiger partial charge in [0.15, 0.2) is 17.3 Å². The molecule has 2 N–H and O–H groups in total. The number of benzene rings is 2. The zero-order chi connectivity index (χ0) is 44.7. The lowest BCUT2D eigenvalue weighted by atomic mass is 9.73. The molecule has 1 aliphatic carbocycles. The summed E-state index contributed by atoms with van der Waals surface area (Å²) in [6.45, 7) is 13.0. The lowest BCUT2D eigenvalue weighted by molar-refractivity contribution is -0.137. The quantitative estimate of drug-likeness (QED) is 0.147. The summed E-state index contributed by atoms with van der Waals surface area (Å²) in [4.78, 5) is 69.9. The number of rotatable bonds is 10. The summed E-state index contributed by atoms with van der Waals surface area (Å²) >= 11 is 6.19. The van der Waals surface area contributed by atoms with Crippen LogP contribution in [0.1, 0.15) is 97.3 Å². The fraction of sp³-hybridized carbons (Fsp3) is 0.395. The Morgan fingerprint density at radius 1 is 1.05 bits per heavy atom. The molecule has 1 unspecified atom stereocenters. The minimum atomic E-state index is -4.64. The zero-order valence-electron chi connectivity index (χ0n) is 34.7. The van der Waals surface area contributed by atoms with Crippen LogP contribution in [0, 0.1) is 6.92 Å². The molecule has 15 nitrogen and oxygen atoms in total. The molecular weight excluding hydrogens is 831 g/mol. The Morgan fingerprint density at radius 2 is 1.76 bits per heavy atom. The normalized spacial score (nSPS) is 16.0. The van der Waals surface area contributed by atoms with Crippen LogP contribution in [-0.4, -0.2) is 77.2 Å². The zero-order valence-corrected chi connectivity index (χ0v) is 35.5. The van der Waals surface area contributed by atoms with Gasteiger partial charge in [-0.2, -0.15) is 22.7 Å². The Bertz CT molecular complexity index is 2630. The first-order valence-corrected chi connectivity index (χ1v) is 20.3. The summed E-state index contributed by atoms with van der Waals surface area (Å²) in [5, 5.41) is 9.40. The minimum absolute atomic E-state index is 0.00881. The Kier molecular flexibility index (Phi) is 11.9. The summed E-state index contributed by atoms with van der Waals surface area (Å²) in [7, 11) is 0. The maximum absolute atomic E-state index is 14.7. The van der Waals surface area contributed by atoms with Gasteiger partial charge in [0.05, 0.1) is 22.0 Å². The molecule has 0 bridgehead atoms. The Labute approximate surface area is 359 Å². The topological polar surface area (TPSA) is 175 Å². The van der Waals surface area contributed by atoms with E-state index in [0.717, 1.165) is 28.3 Å². The highest BCUT2D eigenvalue weighted by Crippen LogP contribution is 2.50. The van der Waals surface area contributed by atoms with Crippen LogP contribution in [0.5, 0.6) is 5.75 Å². The monoisotopic (exact) mass is 875 g/mol. The molecular formula is C43H45ClF3N9O6. The highest BCUT2D eigenvalue weighted by atomic mass is 35.5.